The first-order valence-electron chi connectivity index (χ1n) is 8.75. The molecule has 1 amide bonds. The Balaban J connectivity index is 1.62. The SMILES string of the molecule is CCOc1ccc(OCCNC(=O)C[NH+](C)Cc2ccc(Br)cc2)cc1. The first-order valence-corrected chi connectivity index (χ1v) is 9.54. The van der Waals surface area contributed by atoms with E-state index in [2.05, 4.69) is 33.4 Å². The van der Waals surface area contributed by atoms with Crippen LogP contribution in [0.3, 0.4) is 0 Å². The van der Waals surface area contributed by atoms with E-state index in [0.717, 1.165) is 27.4 Å². The van der Waals surface area contributed by atoms with Gasteiger partial charge in [-0.1, -0.05) is 28.1 Å². The molecule has 1 unspecified atom stereocenters. The van der Waals surface area contributed by atoms with Crippen LogP contribution in [0.15, 0.2) is 53.0 Å². The van der Waals surface area contributed by atoms with E-state index in [1.54, 1.807) is 0 Å². The van der Waals surface area contributed by atoms with Crippen molar-refractivity contribution in [2.45, 2.75) is 13.5 Å². The van der Waals surface area contributed by atoms with E-state index in [1.807, 2.05) is 50.4 Å². The van der Waals surface area contributed by atoms with Crippen molar-refractivity contribution in [1.82, 2.24) is 5.32 Å². The molecule has 6 heteroatoms. The van der Waals surface area contributed by atoms with E-state index >= 15 is 0 Å². The average molecular weight is 422 g/mol. The Morgan fingerprint density at radius 2 is 1.65 bits per heavy atom. The quantitative estimate of drug-likeness (QED) is 0.577. The Bertz CT molecular complexity index is 674. The molecule has 0 spiro atoms. The summed E-state index contributed by atoms with van der Waals surface area (Å²) in [4.78, 5) is 13.2. The fourth-order valence-corrected chi connectivity index (χ4v) is 2.77. The van der Waals surface area contributed by atoms with Gasteiger partial charge >= 0.3 is 0 Å². The second kappa shape index (κ2) is 10.8. The Kier molecular flexibility index (Phi) is 8.44. The molecule has 0 heterocycles. The van der Waals surface area contributed by atoms with Crippen LogP contribution in [-0.4, -0.2) is 39.3 Å². The van der Waals surface area contributed by atoms with Crippen molar-refractivity contribution in [2.75, 3.05) is 33.4 Å². The number of carbonyl (C=O) groups excluding carboxylic acids is 1. The van der Waals surface area contributed by atoms with Gasteiger partial charge in [-0.2, -0.15) is 0 Å². The van der Waals surface area contributed by atoms with E-state index in [1.165, 1.54) is 5.56 Å². The average Bonchev–Trinajstić information content (AvgIpc) is 2.62. The highest BCUT2D eigenvalue weighted by Crippen LogP contribution is 2.17. The molecule has 1 atom stereocenters. The Morgan fingerprint density at radius 1 is 1.04 bits per heavy atom. The topological polar surface area (TPSA) is 52.0 Å². The summed E-state index contributed by atoms with van der Waals surface area (Å²) >= 11 is 3.43. The number of carbonyl (C=O) groups is 1. The molecule has 140 valence electrons. The third-order valence-electron chi connectivity index (χ3n) is 3.71. The fraction of sp³-hybridized carbons (Fsp3) is 0.350. The summed E-state index contributed by atoms with van der Waals surface area (Å²) in [7, 11) is 2.01. The standard InChI is InChI=1S/C20H25BrN2O3/c1-3-25-18-8-10-19(11-9-18)26-13-12-22-20(24)15-23(2)14-16-4-6-17(21)7-5-16/h4-11H,3,12-15H2,1-2H3,(H,22,24)/p+1. The summed E-state index contributed by atoms with van der Waals surface area (Å²) in [6, 6.07) is 15.6. The van der Waals surface area contributed by atoms with Gasteiger partial charge in [0, 0.05) is 10.0 Å². The summed E-state index contributed by atoms with van der Waals surface area (Å²) in [5, 5.41) is 2.89. The van der Waals surface area contributed by atoms with Crippen LogP contribution in [0, 0.1) is 0 Å². The van der Waals surface area contributed by atoms with Gasteiger partial charge in [-0.05, 0) is 43.3 Å². The van der Waals surface area contributed by atoms with Gasteiger partial charge in [-0.15, -0.1) is 0 Å². The minimum atomic E-state index is 0.0231. The summed E-state index contributed by atoms with van der Waals surface area (Å²) in [6.07, 6.45) is 0. The zero-order chi connectivity index (χ0) is 18.8. The molecular formula is C20H26BrN2O3+. The first-order chi connectivity index (χ1) is 12.6. The van der Waals surface area contributed by atoms with E-state index in [4.69, 9.17) is 9.47 Å². The number of hydrogen-bond donors (Lipinski definition) is 2. The summed E-state index contributed by atoms with van der Waals surface area (Å²) in [5.74, 6) is 1.61. The number of nitrogens with one attached hydrogen (secondary N) is 2. The van der Waals surface area contributed by atoms with Crippen molar-refractivity contribution >= 4 is 21.8 Å². The molecule has 0 saturated heterocycles. The smallest absolute Gasteiger partial charge is 0.275 e. The summed E-state index contributed by atoms with van der Waals surface area (Å²) in [5.41, 5.74) is 1.21. The molecule has 0 bridgehead atoms. The van der Waals surface area contributed by atoms with Crippen molar-refractivity contribution in [3.63, 3.8) is 0 Å². The molecule has 5 nitrogen and oxygen atoms in total. The maximum absolute atomic E-state index is 12.0. The molecule has 2 aromatic rings. The summed E-state index contributed by atoms with van der Waals surface area (Å²) < 4.78 is 12.1. The lowest BCUT2D eigenvalue weighted by Gasteiger charge is -2.14. The number of hydrogen-bond acceptors (Lipinski definition) is 3. The highest BCUT2D eigenvalue weighted by Gasteiger charge is 2.10. The number of benzene rings is 2. The van der Waals surface area contributed by atoms with Gasteiger partial charge in [-0.25, -0.2) is 0 Å². The monoisotopic (exact) mass is 421 g/mol. The molecule has 2 N–H and O–H groups in total. The molecule has 26 heavy (non-hydrogen) atoms. The predicted octanol–water partition coefficient (Wildman–Crippen LogP) is 2.06. The third kappa shape index (κ3) is 7.45. The third-order valence-corrected chi connectivity index (χ3v) is 4.24. The largest absolute Gasteiger partial charge is 0.494 e. The Labute approximate surface area is 163 Å². The molecular weight excluding hydrogens is 396 g/mol. The van der Waals surface area contributed by atoms with Gasteiger partial charge in [0.05, 0.1) is 20.2 Å². The van der Waals surface area contributed by atoms with Gasteiger partial charge < -0.3 is 19.7 Å². The predicted molar refractivity (Wildman–Crippen MR) is 106 cm³/mol. The molecule has 0 saturated carbocycles. The molecule has 0 fully saturated rings. The number of quaternary nitrogens is 1. The van der Waals surface area contributed by atoms with Crippen LogP contribution >= 0.6 is 15.9 Å². The van der Waals surface area contributed by atoms with Crippen LogP contribution in [0.5, 0.6) is 11.5 Å². The van der Waals surface area contributed by atoms with Crippen molar-refractivity contribution in [3.05, 3.63) is 58.6 Å². The fourth-order valence-electron chi connectivity index (χ4n) is 2.51. The van der Waals surface area contributed by atoms with Gasteiger partial charge in [0.25, 0.3) is 5.91 Å². The van der Waals surface area contributed by atoms with E-state index in [9.17, 15) is 4.79 Å². The second-order valence-electron chi connectivity index (χ2n) is 6.04. The highest BCUT2D eigenvalue weighted by molar-refractivity contribution is 9.10. The van der Waals surface area contributed by atoms with E-state index in [-0.39, 0.29) is 5.91 Å². The molecule has 0 aromatic heterocycles. The number of amides is 1. The van der Waals surface area contributed by atoms with E-state index < -0.39 is 0 Å². The lowest BCUT2D eigenvalue weighted by atomic mass is 10.2. The zero-order valence-corrected chi connectivity index (χ0v) is 16.8. The van der Waals surface area contributed by atoms with Crippen LogP contribution in [0.25, 0.3) is 0 Å². The van der Waals surface area contributed by atoms with Crippen molar-refractivity contribution < 1.29 is 19.2 Å². The van der Waals surface area contributed by atoms with Crippen molar-refractivity contribution in [1.29, 1.82) is 0 Å². The molecule has 0 aliphatic carbocycles. The number of rotatable bonds is 10. The van der Waals surface area contributed by atoms with Crippen LogP contribution in [0.1, 0.15) is 12.5 Å². The van der Waals surface area contributed by atoms with Crippen molar-refractivity contribution in [3.8, 4) is 11.5 Å². The van der Waals surface area contributed by atoms with Crippen LogP contribution in [0.2, 0.25) is 0 Å². The number of ether oxygens (including phenoxy) is 2. The maximum Gasteiger partial charge on any atom is 0.275 e. The minimum absolute atomic E-state index is 0.0231. The highest BCUT2D eigenvalue weighted by atomic mass is 79.9. The van der Waals surface area contributed by atoms with Crippen LogP contribution in [-0.2, 0) is 11.3 Å². The van der Waals surface area contributed by atoms with Gasteiger partial charge in [0.1, 0.15) is 24.7 Å². The van der Waals surface area contributed by atoms with E-state index in [0.29, 0.717) is 26.3 Å². The first kappa shape index (κ1) is 20.3. The number of halogens is 1. The molecule has 2 rings (SSSR count). The lowest BCUT2D eigenvalue weighted by Crippen LogP contribution is -3.08. The summed E-state index contributed by atoms with van der Waals surface area (Å²) in [6.45, 7) is 4.75. The van der Waals surface area contributed by atoms with Gasteiger partial charge in [0.15, 0.2) is 6.54 Å². The molecule has 0 aliphatic heterocycles. The van der Waals surface area contributed by atoms with Crippen LogP contribution in [0.4, 0.5) is 0 Å². The number of likely N-dealkylation sites (N-methyl/N-ethyl adjacent to an activating group) is 1. The van der Waals surface area contributed by atoms with Crippen molar-refractivity contribution in [2.24, 2.45) is 0 Å². The van der Waals surface area contributed by atoms with Gasteiger partial charge in [-0.3, -0.25) is 4.79 Å². The van der Waals surface area contributed by atoms with Gasteiger partial charge in [0.2, 0.25) is 0 Å². The normalized spacial score (nSPS) is 11.7. The molecule has 2 aromatic carbocycles. The lowest BCUT2D eigenvalue weighted by molar-refractivity contribution is -0.885. The Hall–Kier alpha value is -2.05. The Morgan fingerprint density at radius 3 is 2.27 bits per heavy atom. The second-order valence-corrected chi connectivity index (χ2v) is 6.96. The molecule has 0 radical (unpaired) electrons. The van der Waals surface area contributed by atoms with Crippen LogP contribution < -0.4 is 19.7 Å². The minimum Gasteiger partial charge on any atom is -0.494 e. The maximum atomic E-state index is 12.0. The zero-order valence-electron chi connectivity index (χ0n) is 15.3. The molecule has 0 aliphatic rings.